The van der Waals surface area contributed by atoms with Gasteiger partial charge in [0.2, 0.25) is 11.8 Å². The van der Waals surface area contributed by atoms with Gasteiger partial charge < -0.3 is 10.6 Å². The number of rotatable bonds is 4. The molecule has 0 aromatic heterocycles. The molecule has 0 aliphatic carbocycles. The van der Waals surface area contributed by atoms with Crippen LogP contribution in [0, 0.1) is 5.41 Å². The van der Waals surface area contributed by atoms with Crippen LogP contribution >= 0.6 is 23.2 Å². The van der Waals surface area contributed by atoms with Crippen molar-refractivity contribution in [3.63, 3.8) is 0 Å². The molecule has 1 atom stereocenters. The Labute approximate surface area is 111 Å². The van der Waals surface area contributed by atoms with E-state index in [1.54, 1.807) is 6.92 Å². The lowest BCUT2D eigenvalue weighted by molar-refractivity contribution is -0.133. The lowest BCUT2D eigenvalue weighted by Crippen LogP contribution is -2.51. The summed E-state index contributed by atoms with van der Waals surface area (Å²) in [6.07, 6.45) is 2.53. The summed E-state index contributed by atoms with van der Waals surface area (Å²) >= 11 is 11.5. The fraction of sp³-hybridized carbons (Fsp3) is 0.818. The predicted molar refractivity (Wildman–Crippen MR) is 68.3 cm³/mol. The Morgan fingerprint density at radius 3 is 2.71 bits per heavy atom. The van der Waals surface area contributed by atoms with Gasteiger partial charge in [-0.05, 0) is 26.2 Å². The van der Waals surface area contributed by atoms with Crippen LogP contribution in [0.1, 0.15) is 26.2 Å². The third-order valence-corrected chi connectivity index (χ3v) is 4.16. The quantitative estimate of drug-likeness (QED) is 0.762. The third-order valence-electron chi connectivity index (χ3n) is 2.98. The Hall–Kier alpha value is -0.480. The van der Waals surface area contributed by atoms with Crippen molar-refractivity contribution in [2.45, 2.75) is 32.2 Å². The summed E-state index contributed by atoms with van der Waals surface area (Å²) in [4.78, 5) is 23.7. The second-order valence-corrected chi connectivity index (χ2v) is 5.18. The summed E-state index contributed by atoms with van der Waals surface area (Å²) in [6, 6.07) is -0.462. The molecule has 17 heavy (non-hydrogen) atoms. The molecule has 0 saturated carbocycles. The second-order valence-electron chi connectivity index (χ2n) is 4.64. The fourth-order valence-corrected chi connectivity index (χ4v) is 2.10. The molecule has 0 aromatic rings. The topological polar surface area (TPSA) is 58.2 Å². The monoisotopic (exact) mass is 280 g/mol. The summed E-state index contributed by atoms with van der Waals surface area (Å²) in [5.74, 6) is -0.111. The van der Waals surface area contributed by atoms with Gasteiger partial charge in [-0.1, -0.05) is 0 Å². The van der Waals surface area contributed by atoms with E-state index in [0.717, 1.165) is 12.8 Å². The van der Waals surface area contributed by atoms with Crippen molar-refractivity contribution in [3.8, 4) is 0 Å². The first-order valence-electron chi connectivity index (χ1n) is 5.74. The Balaban J connectivity index is 2.63. The molecule has 4 nitrogen and oxygen atoms in total. The molecule has 1 heterocycles. The number of nitrogens with one attached hydrogen (secondary N) is 2. The Kier molecular flexibility index (Phi) is 5.53. The molecule has 1 aliphatic heterocycles. The van der Waals surface area contributed by atoms with Gasteiger partial charge in [0.05, 0.1) is 5.41 Å². The molecule has 6 heteroatoms. The number of carbonyl (C=O) groups excluding carboxylic acids is 2. The van der Waals surface area contributed by atoms with E-state index in [1.807, 2.05) is 0 Å². The van der Waals surface area contributed by atoms with Crippen LogP contribution in [0.25, 0.3) is 0 Å². The van der Waals surface area contributed by atoms with Gasteiger partial charge in [-0.25, -0.2) is 0 Å². The molecule has 0 radical (unpaired) electrons. The van der Waals surface area contributed by atoms with E-state index in [4.69, 9.17) is 23.2 Å². The summed E-state index contributed by atoms with van der Waals surface area (Å²) < 4.78 is 0. The lowest BCUT2D eigenvalue weighted by atomic mass is 9.94. The SMILES string of the molecule is CC(CCl)(CCl)C(=O)N[C@H]1CCCCNC1=O. The van der Waals surface area contributed by atoms with E-state index >= 15 is 0 Å². The highest BCUT2D eigenvalue weighted by molar-refractivity contribution is 6.24. The average molecular weight is 281 g/mol. The first kappa shape index (κ1) is 14.6. The maximum atomic E-state index is 12.0. The van der Waals surface area contributed by atoms with E-state index in [1.165, 1.54) is 0 Å². The van der Waals surface area contributed by atoms with Crippen molar-refractivity contribution in [3.05, 3.63) is 0 Å². The van der Waals surface area contributed by atoms with E-state index in [0.29, 0.717) is 13.0 Å². The number of hydrogen-bond donors (Lipinski definition) is 2. The fourth-order valence-electron chi connectivity index (χ4n) is 1.57. The number of carbonyl (C=O) groups is 2. The summed E-state index contributed by atoms with van der Waals surface area (Å²) in [6.45, 7) is 2.37. The molecule has 2 N–H and O–H groups in total. The number of alkyl halides is 2. The van der Waals surface area contributed by atoms with Crippen LogP contribution < -0.4 is 10.6 Å². The van der Waals surface area contributed by atoms with Gasteiger partial charge in [-0.2, -0.15) is 0 Å². The smallest absolute Gasteiger partial charge is 0.242 e. The predicted octanol–water partition coefficient (Wildman–Crippen LogP) is 1.26. The molecule has 98 valence electrons. The maximum Gasteiger partial charge on any atom is 0.242 e. The highest BCUT2D eigenvalue weighted by atomic mass is 35.5. The van der Waals surface area contributed by atoms with Crippen LogP contribution in [-0.2, 0) is 9.59 Å². The van der Waals surface area contributed by atoms with Crippen LogP contribution in [0.2, 0.25) is 0 Å². The molecule has 1 rings (SSSR count). The molecule has 0 bridgehead atoms. The van der Waals surface area contributed by atoms with Crippen LogP contribution in [0.3, 0.4) is 0 Å². The molecular weight excluding hydrogens is 263 g/mol. The highest BCUT2D eigenvalue weighted by Gasteiger charge is 2.34. The van der Waals surface area contributed by atoms with E-state index in [9.17, 15) is 9.59 Å². The minimum atomic E-state index is -0.824. The highest BCUT2D eigenvalue weighted by Crippen LogP contribution is 2.21. The Bertz CT molecular complexity index is 293. The minimum absolute atomic E-state index is 0.123. The van der Waals surface area contributed by atoms with Gasteiger partial charge in [0.15, 0.2) is 0 Å². The summed E-state index contributed by atoms with van der Waals surface area (Å²) in [7, 11) is 0. The van der Waals surface area contributed by atoms with Gasteiger partial charge in [0.1, 0.15) is 6.04 Å². The molecule has 0 aromatic carbocycles. The molecule has 0 spiro atoms. The van der Waals surface area contributed by atoms with Gasteiger partial charge >= 0.3 is 0 Å². The van der Waals surface area contributed by atoms with Crippen molar-refractivity contribution in [1.82, 2.24) is 10.6 Å². The van der Waals surface area contributed by atoms with E-state index in [2.05, 4.69) is 10.6 Å². The third kappa shape index (κ3) is 3.75. The van der Waals surface area contributed by atoms with Crippen LogP contribution in [-0.4, -0.2) is 36.2 Å². The van der Waals surface area contributed by atoms with Crippen molar-refractivity contribution in [2.75, 3.05) is 18.3 Å². The van der Waals surface area contributed by atoms with Crippen molar-refractivity contribution >= 4 is 35.0 Å². The average Bonchev–Trinajstić information content (AvgIpc) is 2.54. The number of hydrogen-bond acceptors (Lipinski definition) is 2. The van der Waals surface area contributed by atoms with Crippen molar-refractivity contribution in [2.24, 2.45) is 5.41 Å². The first-order valence-corrected chi connectivity index (χ1v) is 6.81. The largest absolute Gasteiger partial charge is 0.354 e. The second kappa shape index (κ2) is 6.45. The molecule has 0 unspecified atom stereocenters. The normalized spacial score (nSPS) is 21.6. The Morgan fingerprint density at radius 2 is 2.12 bits per heavy atom. The van der Waals surface area contributed by atoms with Gasteiger partial charge in [-0.3, -0.25) is 9.59 Å². The van der Waals surface area contributed by atoms with Crippen LogP contribution in [0.4, 0.5) is 0 Å². The zero-order valence-corrected chi connectivity index (χ0v) is 11.4. The molecule has 2 amide bonds. The van der Waals surface area contributed by atoms with E-state index in [-0.39, 0.29) is 23.6 Å². The summed E-state index contributed by atoms with van der Waals surface area (Å²) in [5.41, 5.74) is -0.824. The first-order chi connectivity index (χ1) is 8.03. The van der Waals surface area contributed by atoms with E-state index < -0.39 is 11.5 Å². The van der Waals surface area contributed by atoms with Crippen molar-refractivity contribution in [1.29, 1.82) is 0 Å². The van der Waals surface area contributed by atoms with Gasteiger partial charge in [0.25, 0.3) is 0 Å². The van der Waals surface area contributed by atoms with Gasteiger partial charge in [0, 0.05) is 18.3 Å². The lowest BCUT2D eigenvalue weighted by Gasteiger charge is -2.26. The number of amides is 2. The van der Waals surface area contributed by atoms with Gasteiger partial charge in [-0.15, -0.1) is 23.2 Å². The number of halogens is 2. The Morgan fingerprint density at radius 1 is 1.47 bits per heavy atom. The zero-order chi connectivity index (χ0) is 12.9. The molecular formula is C11H18Cl2N2O2. The maximum absolute atomic E-state index is 12.0. The van der Waals surface area contributed by atoms with Crippen LogP contribution in [0.15, 0.2) is 0 Å². The molecule has 1 fully saturated rings. The zero-order valence-electron chi connectivity index (χ0n) is 9.89. The molecule has 1 saturated heterocycles. The summed E-state index contributed by atoms with van der Waals surface area (Å²) in [5, 5.41) is 5.50. The molecule has 1 aliphatic rings. The standard InChI is InChI=1S/C11H18Cl2N2O2/c1-11(6-12,7-13)10(17)15-8-4-2-3-5-14-9(8)16/h8H,2-7H2,1H3,(H,14,16)(H,15,17)/t8-/m0/s1. The van der Waals surface area contributed by atoms with Crippen LogP contribution in [0.5, 0.6) is 0 Å². The van der Waals surface area contributed by atoms with Crippen molar-refractivity contribution < 1.29 is 9.59 Å². The minimum Gasteiger partial charge on any atom is -0.354 e.